The van der Waals surface area contributed by atoms with Gasteiger partial charge in [0.15, 0.2) is 0 Å². The van der Waals surface area contributed by atoms with Gasteiger partial charge in [0.25, 0.3) is 11.5 Å². The van der Waals surface area contributed by atoms with Crippen LogP contribution in [0, 0.1) is 13.8 Å². The lowest BCUT2D eigenvalue weighted by Gasteiger charge is -2.14. The van der Waals surface area contributed by atoms with Gasteiger partial charge < -0.3 is 0 Å². The van der Waals surface area contributed by atoms with Gasteiger partial charge in [-0.2, -0.15) is 10.1 Å². The van der Waals surface area contributed by atoms with Gasteiger partial charge in [0.05, 0.1) is 11.8 Å². The highest BCUT2D eigenvalue weighted by molar-refractivity contribution is 7.18. The predicted octanol–water partition coefficient (Wildman–Crippen LogP) is 1.72. The van der Waals surface area contributed by atoms with E-state index in [1.807, 2.05) is 13.8 Å². The number of fused-ring (bicyclic) bond motifs is 1. The Morgan fingerprint density at radius 3 is 2.50 bits per heavy atom. The second kappa shape index (κ2) is 4.24. The molecule has 6 nitrogen and oxygen atoms in total. The zero-order valence-corrected chi connectivity index (χ0v) is 12.5. The number of aromatic nitrogens is 2. The molecule has 0 radical (unpaired) electrons. The van der Waals surface area contributed by atoms with Crippen molar-refractivity contribution >= 4 is 39.1 Å². The monoisotopic (exact) mass is 290 g/mol. The highest BCUT2D eigenvalue weighted by Crippen LogP contribution is 2.28. The van der Waals surface area contributed by atoms with Gasteiger partial charge >= 0.3 is 0 Å². The number of nitrogens with zero attached hydrogens (tertiary/aromatic N) is 4. The van der Waals surface area contributed by atoms with E-state index in [9.17, 15) is 9.59 Å². The highest BCUT2D eigenvalue weighted by atomic mass is 32.1. The van der Waals surface area contributed by atoms with Crippen molar-refractivity contribution in [1.29, 1.82) is 0 Å². The zero-order chi connectivity index (χ0) is 14.6. The number of hydrogen-bond donors (Lipinski definition) is 0. The Hall–Kier alpha value is -2.02. The van der Waals surface area contributed by atoms with Crippen LogP contribution in [-0.4, -0.2) is 21.2 Å². The highest BCUT2D eigenvalue weighted by Gasteiger charge is 2.27. The molecule has 2 aromatic rings. The van der Waals surface area contributed by atoms with Crippen LogP contribution in [0.1, 0.15) is 23.8 Å². The van der Waals surface area contributed by atoms with E-state index >= 15 is 0 Å². The molecule has 0 saturated carbocycles. The third kappa shape index (κ3) is 1.70. The summed E-state index contributed by atoms with van der Waals surface area (Å²) in [6, 6.07) is 0. The Balaban J connectivity index is 2.31. The maximum Gasteiger partial charge on any atom is 0.263 e. The molecule has 1 aliphatic heterocycles. The average molecular weight is 290 g/mol. The fourth-order valence-electron chi connectivity index (χ4n) is 2.27. The summed E-state index contributed by atoms with van der Waals surface area (Å²) in [6.45, 7) is 5.66. The lowest BCUT2D eigenvalue weighted by Crippen LogP contribution is -2.29. The lowest BCUT2D eigenvalue weighted by atomic mass is 10.2. The van der Waals surface area contributed by atoms with E-state index in [0.717, 1.165) is 16.2 Å². The minimum absolute atomic E-state index is 0.139. The molecular formula is C13H14N4O2S. The number of anilines is 1. The molecule has 0 aromatic carbocycles. The molecule has 0 fully saturated rings. The molecule has 3 heterocycles. The van der Waals surface area contributed by atoms with Crippen LogP contribution in [0.4, 0.5) is 5.95 Å². The molecule has 0 N–H and O–H groups in total. The maximum absolute atomic E-state index is 12.5. The summed E-state index contributed by atoms with van der Waals surface area (Å²) in [6.07, 6.45) is 0.274. The largest absolute Gasteiger partial charge is 0.279 e. The molecule has 1 amide bonds. The van der Waals surface area contributed by atoms with E-state index in [1.54, 1.807) is 14.0 Å². The second-order valence-corrected chi connectivity index (χ2v) is 6.16. The summed E-state index contributed by atoms with van der Waals surface area (Å²) >= 11 is 1.47. The first-order valence-electron chi connectivity index (χ1n) is 6.24. The molecule has 104 valence electrons. The molecule has 0 unspecified atom stereocenters. The summed E-state index contributed by atoms with van der Waals surface area (Å²) < 4.78 is 1.39. The first kappa shape index (κ1) is 13.0. The van der Waals surface area contributed by atoms with Gasteiger partial charge in [-0.1, -0.05) is 0 Å². The summed E-state index contributed by atoms with van der Waals surface area (Å²) in [7, 11) is 1.62. The fourth-order valence-corrected chi connectivity index (χ4v) is 3.28. The standard InChI is InChI=1S/C13H14N4O2S/c1-6-5-9(18)17(15-6)13-14-11-10(12(19)16(13)4)7(2)8(3)20-11/h5H2,1-4H3. The molecule has 0 atom stereocenters. The van der Waals surface area contributed by atoms with Gasteiger partial charge in [0.1, 0.15) is 4.83 Å². The van der Waals surface area contributed by atoms with E-state index in [2.05, 4.69) is 10.1 Å². The third-order valence-electron chi connectivity index (χ3n) is 3.49. The Morgan fingerprint density at radius 2 is 1.90 bits per heavy atom. The number of carbonyl (C=O) groups excluding carboxylic acids is 1. The lowest BCUT2D eigenvalue weighted by molar-refractivity contribution is -0.117. The van der Waals surface area contributed by atoms with Gasteiger partial charge in [0, 0.05) is 17.6 Å². The van der Waals surface area contributed by atoms with E-state index in [-0.39, 0.29) is 23.8 Å². The van der Waals surface area contributed by atoms with Crippen LogP contribution in [0.15, 0.2) is 9.90 Å². The summed E-state index contributed by atoms with van der Waals surface area (Å²) in [5.41, 5.74) is 1.54. The smallest absolute Gasteiger partial charge is 0.263 e. The van der Waals surface area contributed by atoms with E-state index in [1.165, 1.54) is 20.9 Å². The first-order valence-corrected chi connectivity index (χ1v) is 7.05. The number of thiophene rings is 1. The van der Waals surface area contributed by atoms with Crippen molar-refractivity contribution in [3.8, 4) is 0 Å². The van der Waals surface area contributed by atoms with Crippen LogP contribution in [-0.2, 0) is 11.8 Å². The quantitative estimate of drug-likeness (QED) is 0.803. The third-order valence-corrected chi connectivity index (χ3v) is 4.59. The van der Waals surface area contributed by atoms with Crippen molar-refractivity contribution in [2.24, 2.45) is 12.1 Å². The Morgan fingerprint density at radius 1 is 1.20 bits per heavy atom. The van der Waals surface area contributed by atoms with Crippen LogP contribution in [0.5, 0.6) is 0 Å². The van der Waals surface area contributed by atoms with Crippen LogP contribution >= 0.6 is 11.3 Å². The molecule has 0 aliphatic carbocycles. The first-order chi connectivity index (χ1) is 9.40. The van der Waals surface area contributed by atoms with Crippen molar-refractivity contribution in [3.63, 3.8) is 0 Å². The Labute approximate surface area is 119 Å². The number of amides is 1. The van der Waals surface area contributed by atoms with E-state index in [0.29, 0.717) is 10.2 Å². The molecule has 0 saturated heterocycles. The number of aryl methyl sites for hydroxylation is 2. The molecular weight excluding hydrogens is 276 g/mol. The van der Waals surface area contributed by atoms with Crippen LogP contribution < -0.4 is 10.6 Å². The fraction of sp³-hybridized carbons (Fsp3) is 0.385. The SMILES string of the molecule is CC1=NN(c2nc3sc(C)c(C)c3c(=O)n2C)C(=O)C1. The van der Waals surface area contributed by atoms with Crippen LogP contribution in [0.3, 0.4) is 0 Å². The Bertz CT molecular complexity index is 831. The van der Waals surface area contributed by atoms with Crippen LogP contribution in [0.2, 0.25) is 0 Å². The Kier molecular flexibility index (Phi) is 2.75. The van der Waals surface area contributed by atoms with Crippen molar-refractivity contribution in [1.82, 2.24) is 9.55 Å². The minimum Gasteiger partial charge on any atom is -0.279 e. The van der Waals surface area contributed by atoms with Gasteiger partial charge in [0.2, 0.25) is 5.95 Å². The molecule has 0 spiro atoms. The molecule has 2 aromatic heterocycles. The van der Waals surface area contributed by atoms with Gasteiger partial charge in [-0.15, -0.1) is 11.3 Å². The minimum atomic E-state index is -0.158. The number of hydrogen-bond acceptors (Lipinski definition) is 5. The zero-order valence-electron chi connectivity index (χ0n) is 11.7. The molecule has 7 heteroatoms. The van der Waals surface area contributed by atoms with Crippen LogP contribution in [0.25, 0.3) is 10.2 Å². The summed E-state index contributed by atoms with van der Waals surface area (Å²) in [5, 5.41) is 6.01. The van der Waals surface area contributed by atoms with Crippen molar-refractivity contribution in [2.75, 3.05) is 5.01 Å². The van der Waals surface area contributed by atoms with Gasteiger partial charge in [-0.05, 0) is 26.3 Å². The average Bonchev–Trinajstić information content (AvgIpc) is 2.85. The molecule has 1 aliphatic rings. The number of carbonyl (C=O) groups is 1. The topological polar surface area (TPSA) is 67.6 Å². The number of hydrazone groups is 1. The molecule has 20 heavy (non-hydrogen) atoms. The molecule has 3 rings (SSSR count). The predicted molar refractivity (Wildman–Crippen MR) is 79.5 cm³/mol. The second-order valence-electron chi connectivity index (χ2n) is 4.96. The normalized spacial score (nSPS) is 15.3. The van der Waals surface area contributed by atoms with Gasteiger partial charge in [-0.25, -0.2) is 4.98 Å². The number of rotatable bonds is 1. The molecule has 0 bridgehead atoms. The summed E-state index contributed by atoms with van der Waals surface area (Å²) in [5.74, 6) is 0.125. The van der Waals surface area contributed by atoms with Crippen molar-refractivity contribution in [2.45, 2.75) is 27.2 Å². The van der Waals surface area contributed by atoms with Crippen molar-refractivity contribution < 1.29 is 4.79 Å². The van der Waals surface area contributed by atoms with Crippen molar-refractivity contribution in [3.05, 3.63) is 20.8 Å². The maximum atomic E-state index is 12.5. The van der Waals surface area contributed by atoms with E-state index in [4.69, 9.17) is 0 Å². The van der Waals surface area contributed by atoms with E-state index < -0.39 is 0 Å². The summed E-state index contributed by atoms with van der Waals surface area (Å²) in [4.78, 5) is 30.6. The van der Waals surface area contributed by atoms with Gasteiger partial charge in [-0.3, -0.25) is 14.2 Å².